The molecule has 120 valence electrons. The van der Waals surface area contributed by atoms with Gasteiger partial charge in [-0.3, -0.25) is 4.98 Å². The SMILES string of the molecule is COc1cc2c(cc1OCC1CCCNC1)[nH]c1ccncc12. The van der Waals surface area contributed by atoms with Crippen LogP contribution in [0.3, 0.4) is 0 Å². The van der Waals surface area contributed by atoms with Crippen molar-refractivity contribution in [1.82, 2.24) is 15.3 Å². The second kappa shape index (κ2) is 6.08. The summed E-state index contributed by atoms with van der Waals surface area (Å²) < 4.78 is 11.6. The Morgan fingerprint density at radius 2 is 2.17 bits per heavy atom. The highest BCUT2D eigenvalue weighted by Crippen LogP contribution is 2.36. The standard InChI is InChI=1S/C18H21N3O2/c1-22-17-7-13-14-10-20-6-4-15(14)21-16(13)8-18(17)23-11-12-3-2-5-19-9-12/h4,6-8,10,12,19,21H,2-3,5,9,11H2,1H3. The molecule has 0 spiro atoms. The van der Waals surface area contributed by atoms with Gasteiger partial charge in [0, 0.05) is 47.2 Å². The third kappa shape index (κ3) is 2.72. The lowest BCUT2D eigenvalue weighted by Gasteiger charge is -2.23. The van der Waals surface area contributed by atoms with Gasteiger partial charge in [-0.2, -0.15) is 0 Å². The van der Waals surface area contributed by atoms with Crippen LogP contribution in [0.2, 0.25) is 0 Å². The van der Waals surface area contributed by atoms with Crippen molar-refractivity contribution in [2.24, 2.45) is 5.92 Å². The summed E-state index contributed by atoms with van der Waals surface area (Å²) in [5.74, 6) is 2.13. The van der Waals surface area contributed by atoms with Crippen molar-refractivity contribution in [2.45, 2.75) is 12.8 Å². The van der Waals surface area contributed by atoms with Gasteiger partial charge in [0.2, 0.25) is 0 Å². The first-order valence-corrected chi connectivity index (χ1v) is 8.12. The molecular weight excluding hydrogens is 290 g/mol. The number of ether oxygens (including phenoxy) is 2. The second-order valence-electron chi connectivity index (χ2n) is 6.12. The third-order valence-electron chi connectivity index (χ3n) is 4.56. The molecule has 1 fully saturated rings. The van der Waals surface area contributed by atoms with Crippen molar-refractivity contribution in [3.63, 3.8) is 0 Å². The zero-order chi connectivity index (χ0) is 15.6. The lowest BCUT2D eigenvalue weighted by Crippen LogP contribution is -2.33. The van der Waals surface area contributed by atoms with Crippen LogP contribution in [0, 0.1) is 5.92 Å². The van der Waals surface area contributed by atoms with E-state index in [0.29, 0.717) is 5.92 Å². The van der Waals surface area contributed by atoms with Crippen LogP contribution >= 0.6 is 0 Å². The van der Waals surface area contributed by atoms with Crippen LogP contribution in [0.15, 0.2) is 30.6 Å². The van der Waals surface area contributed by atoms with Gasteiger partial charge < -0.3 is 19.8 Å². The highest BCUT2D eigenvalue weighted by molar-refractivity contribution is 6.07. The first-order valence-electron chi connectivity index (χ1n) is 8.12. The van der Waals surface area contributed by atoms with E-state index >= 15 is 0 Å². The third-order valence-corrected chi connectivity index (χ3v) is 4.56. The number of nitrogens with zero attached hydrogens (tertiary/aromatic N) is 1. The predicted molar refractivity (Wildman–Crippen MR) is 91.2 cm³/mol. The van der Waals surface area contributed by atoms with Gasteiger partial charge in [-0.15, -0.1) is 0 Å². The van der Waals surface area contributed by atoms with Crippen LogP contribution in [-0.2, 0) is 0 Å². The normalized spacial score (nSPS) is 18.4. The Bertz CT molecular complexity index is 822. The molecule has 3 heterocycles. The van der Waals surface area contributed by atoms with Crippen LogP contribution in [0.4, 0.5) is 0 Å². The summed E-state index contributed by atoms with van der Waals surface area (Å²) >= 11 is 0. The smallest absolute Gasteiger partial charge is 0.163 e. The molecule has 23 heavy (non-hydrogen) atoms. The van der Waals surface area contributed by atoms with Crippen LogP contribution < -0.4 is 14.8 Å². The quantitative estimate of drug-likeness (QED) is 0.777. The zero-order valence-electron chi connectivity index (χ0n) is 13.3. The van der Waals surface area contributed by atoms with Gasteiger partial charge in [0.15, 0.2) is 11.5 Å². The number of hydrogen-bond acceptors (Lipinski definition) is 4. The fraction of sp³-hybridized carbons (Fsp3) is 0.389. The van der Waals surface area contributed by atoms with E-state index in [4.69, 9.17) is 9.47 Å². The van der Waals surface area contributed by atoms with Gasteiger partial charge >= 0.3 is 0 Å². The summed E-state index contributed by atoms with van der Waals surface area (Å²) in [6.45, 7) is 2.87. The predicted octanol–water partition coefficient (Wildman–Crippen LogP) is 3.10. The molecule has 1 saturated heterocycles. The van der Waals surface area contributed by atoms with E-state index in [2.05, 4.69) is 15.3 Å². The van der Waals surface area contributed by atoms with Gasteiger partial charge in [-0.05, 0) is 31.5 Å². The number of pyridine rings is 1. The Morgan fingerprint density at radius 1 is 1.22 bits per heavy atom. The number of nitrogens with one attached hydrogen (secondary N) is 2. The highest BCUT2D eigenvalue weighted by Gasteiger charge is 2.16. The molecule has 0 aliphatic carbocycles. The second-order valence-corrected chi connectivity index (χ2v) is 6.12. The molecule has 0 bridgehead atoms. The van der Waals surface area contributed by atoms with Crippen molar-refractivity contribution in [1.29, 1.82) is 0 Å². The van der Waals surface area contributed by atoms with Crippen molar-refractivity contribution in [3.8, 4) is 11.5 Å². The van der Waals surface area contributed by atoms with E-state index in [9.17, 15) is 0 Å². The van der Waals surface area contributed by atoms with E-state index in [-0.39, 0.29) is 0 Å². The van der Waals surface area contributed by atoms with E-state index in [1.165, 1.54) is 12.8 Å². The van der Waals surface area contributed by atoms with E-state index < -0.39 is 0 Å². The van der Waals surface area contributed by atoms with Crippen molar-refractivity contribution in [2.75, 3.05) is 26.8 Å². The van der Waals surface area contributed by atoms with Crippen molar-refractivity contribution >= 4 is 21.8 Å². The molecule has 1 aliphatic rings. The summed E-state index contributed by atoms with van der Waals surface area (Å²) in [7, 11) is 1.68. The molecule has 5 nitrogen and oxygen atoms in total. The summed E-state index contributed by atoms with van der Waals surface area (Å²) in [4.78, 5) is 7.63. The monoisotopic (exact) mass is 311 g/mol. The Labute approximate surface area is 135 Å². The number of H-pyrrole nitrogens is 1. The molecule has 0 saturated carbocycles. The number of piperidine rings is 1. The number of rotatable bonds is 4. The van der Waals surface area contributed by atoms with Gasteiger partial charge in [0.25, 0.3) is 0 Å². The molecular formula is C18H21N3O2. The van der Waals surface area contributed by atoms with Crippen LogP contribution in [0.25, 0.3) is 21.8 Å². The Kier molecular flexibility index (Phi) is 3.79. The average molecular weight is 311 g/mol. The van der Waals surface area contributed by atoms with E-state index in [0.717, 1.165) is 53.0 Å². The highest BCUT2D eigenvalue weighted by atomic mass is 16.5. The molecule has 0 radical (unpaired) electrons. The fourth-order valence-electron chi connectivity index (χ4n) is 3.30. The minimum Gasteiger partial charge on any atom is -0.493 e. The number of aromatic nitrogens is 2. The number of benzene rings is 1. The number of fused-ring (bicyclic) bond motifs is 3. The van der Waals surface area contributed by atoms with Gasteiger partial charge in [0.1, 0.15) is 0 Å². The largest absolute Gasteiger partial charge is 0.493 e. The Hall–Kier alpha value is -2.27. The lowest BCUT2D eigenvalue weighted by molar-refractivity contribution is 0.211. The molecule has 1 aromatic carbocycles. The first-order chi connectivity index (χ1) is 11.3. The van der Waals surface area contributed by atoms with Crippen LogP contribution in [-0.4, -0.2) is 36.8 Å². The molecule has 2 aromatic heterocycles. The fourth-order valence-corrected chi connectivity index (χ4v) is 3.30. The molecule has 1 aliphatic heterocycles. The van der Waals surface area contributed by atoms with Crippen molar-refractivity contribution in [3.05, 3.63) is 30.6 Å². The molecule has 0 amide bonds. The van der Waals surface area contributed by atoms with Gasteiger partial charge in [0.05, 0.1) is 19.2 Å². The van der Waals surface area contributed by atoms with Crippen LogP contribution in [0.5, 0.6) is 11.5 Å². The summed E-state index contributed by atoms with van der Waals surface area (Å²) in [5.41, 5.74) is 2.12. The summed E-state index contributed by atoms with van der Waals surface area (Å²) in [6.07, 6.45) is 6.11. The summed E-state index contributed by atoms with van der Waals surface area (Å²) in [5, 5.41) is 5.63. The van der Waals surface area contributed by atoms with Gasteiger partial charge in [-0.1, -0.05) is 0 Å². The minimum atomic E-state index is 0.566. The van der Waals surface area contributed by atoms with Gasteiger partial charge in [-0.25, -0.2) is 0 Å². The Morgan fingerprint density at radius 3 is 3.00 bits per heavy atom. The molecule has 1 atom stereocenters. The van der Waals surface area contributed by atoms with E-state index in [1.807, 2.05) is 24.4 Å². The topological polar surface area (TPSA) is 59.2 Å². The molecule has 4 rings (SSSR count). The maximum absolute atomic E-state index is 6.07. The number of hydrogen-bond donors (Lipinski definition) is 2. The molecule has 1 unspecified atom stereocenters. The minimum absolute atomic E-state index is 0.566. The maximum atomic E-state index is 6.07. The number of methoxy groups -OCH3 is 1. The Balaban J connectivity index is 1.66. The number of aromatic amines is 1. The molecule has 5 heteroatoms. The summed E-state index contributed by atoms with van der Waals surface area (Å²) in [6, 6.07) is 6.05. The average Bonchev–Trinajstić information content (AvgIpc) is 2.97. The lowest BCUT2D eigenvalue weighted by atomic mass is 10.0. The molecule has 2 N–H and O–H groups in total. The van der Waals surface area contributed by atoms with Crippen molar-refractivity contribution < 1.29 is 9.47 Å². The zero-order valence-corrected chi connectivity index (χ0v) is 13.3. The van der Waals surface area contributed by atoms with Crippen LogP contribution in [0.1, 0.15) is 12.8 Å². The maximum Gasteiger partial charge on any atom is 0.163 e. The van der Waals surface area contributed by atoms with E-state index in [1.54, 1.807) is 13.3 Å². The molecule has 3 aromatic rings. The first kappa shape index (κ1) is 14.3.